The van der Waals surface area contributed by atoms with Crippen LogP contribution in [0.5, 0.6) is 0 Å². The van der Waals surface area contributed by atoms with E-state index < -0.39 is 12.0 Å². The van der Waals surface area contributed by atoms with E-state index in [-0.39, 0.29) is 12.4 Å². The number of methoxy groups -OCH3 is 1. The quantitative estimate of drug-likeness (QED) is 0.854. The minimum atomic E-state index is -0.770. The Kier molecular flexibility index (Phi) is 6.20. The van der Waals surface area contributed by atoms with Gasteiger partial charge in [-0.25, -0.2) is 0 Å². The highest BCUT2D eigenvalue weighted by Crippen LogP contribution is 2.25. The molecular formula is C9H10BrCl2NO2. The Labute approximate surface area is 107 Å². The van der Waals surface area contributed by atoms with Crippen molar-refractivity contribution in [3.63, 3.8) is 0 Å². The van der Waals surface area contributed by atoms with Crippen molar-refractivity contribution in [2.45, 2.75) is 6.04 Å². The predicted octanol–water partition coefficient (Wildman–Crippen LogP) is 2.70. The van der Waals surface area contributed by atoms with Gasteiger partial charge in [0.2, 0.25) is 0 Å². The summed E-state index contributed by atoms with van der Waals surface area (Å²) >= 11 is 9.04. The molecule has 1 aromatic carbocycles. The molecule has 0 radical (unpaired) electrons. The molecule has 0 amide bonds. The largest absolute Gasteiger partial charge is 0.468 e. The Morgan fingerprint density at radius 1 is 1.60 bits per heavy atom. The van der Waals surface area contributed by atoms with Gasteiger partial charge in [-0.2, -0.15) is 0 Å². The van der Waals surface area contributed by atoms with E-state index in [4.69, 9.17) is 17.3 Å². The van der Waals surface area contributed by atoms with Crippen LogP contribution >= 0.6 is 39.9 Å². The average molecular weight is 315 g/mol. The van der Waals surface area contributed by atoms with Crippen molar-refractivity contribution in [3.05, 3.63) is 33.3 Å². The van der Waals surface area contributed by atoms with Crippen molar-refractivity contribution >= 4 is 45.9 Å². The van der Waals surface area contributed by atoms with Crippen LogP contribution in [-0.4, -0.2) is 13.1 Å². The highest BCUT2D eigenvalue weighted by atomic mass is 79.9. The van der Waals surface area contributed by atoms with Crippen molar-refractivity contribution in [3.8, 4) is 0 Å². The summed E-state index contributed by atoms with van der Waals surface area (Å²) in [6, 6.07) is 4.29. The molecule has 1 aromatic rings. The van der Waals surface area contributed by atoms with E-state index in [0.717, 1.165) is 0 Å². The number of benzene rings is 1. The Bertz CT molecular complexity index is 360. The summed E-state index contributed by atoms with van der Waals surface area (Å²) in [5, 5.41) is 0.575. The van der Waals surface area contributed by atoms with Crippen LogP contribution in [-0.2, 0) is 9.53 Å². The first-order chi connectivity index (χ1) is 6.56. The number of carbonyl (C=O) groups excluding carboxylic acids is 1. The van der Waals surface area contributed by atoms with Crippen LogP contribution in [0.1, 0.15) is 11.6 Å². The van der Waals surface area contributed by atoms with E-state index in [1.54, 1.807) is 18.2 Å². The Hall–Kier alpha value is -0.290. The third-order valence-corrected chi connectivity index (χ3v) is 2.97. The van der Waals surface area contributed by atoms with Gasteiger partial charge in [-0.05, 0) is 33.6 Å². The summed E-state index contributed by atoms with van der Waals surface area (Å²) in [6.45, 7) is 0. The fraction of sp³-hybridized carbons (Fsp3) is 0.222. The first-order valence-electron chi connectivity index (χ1n) is 3.84. The van der Waals surface area contributed by atoms with Gasteiger partial charge in [0.25, 0.3) is 0 Å². The average Bonchev–Trinajstić information content (AvgIpc) is 2.20. The molecule has 2 N–H and O–H groups in total. The number of halogens is 3. The van der Waals surface area contributed by atoms with E-state index in [0.29, 0.717) is 15.1 Å². The van der Waals surface area contributed by atoms with Crippen molar-refractivity contribution < 1.29 is 9.53 Å². The van der Waals surface area contributed by atoms with Crippen LogP contribution in [0.3, 0.4) is 0 Å². The number of carbonyl (C=O) groups is 1. The number of rotatable bonds is 2. The minimum absolute atomic E-state index is 0. The molecule has 0 aliphatic heterocycles. The Morgan fingerprint density at radius 3 is 2.67 bits per heavy atom. The van der Waals surface area contributed by atoms with Crippen LogP contribution in [0, 0.1) is 0 Å². The van der Waals surface area contributed by atoms with Gasteiger partial charge in [-0.3, -0.25) is 4.79 Å². The lowest BCUT2D eigenvalue weighted by Crippen LogP contribution is -2.22. The molecule has 0 saturated carbocycles. The molecule has 0 aliphatic rings. The Balaban J connectivity index is 0.00000196. The number of hydrogen-bond donors (Lipinski definition) is 1. The number of hydrogen-bond acceptors (Lipinski definition) is 3. The second-order valence-electron chi connectivity index (χ2n) is 2.67. The van der Waals surface area contributed by atoms with Gasteiger partial charge in [0.1, 0.15) is 6.04 Å². The third kappa shape index (κ3) is 3.65. The minimum Gasteiger partial charge on any atom is -0.468 e. The van der Waals surface area contributed by atoms with Crippen LogP contribution in [0.2, 0.25) is 5.02 Å². The van der Waals surface area contributed by atoms with Crippen LogP contribution in [0.25, 0.3) is 0 Å². The lowest BCUT2D eigenvalue weighted by Gasteiger charge is -2.10. The van der Waals surface area contributed by atoms with Crippen molar-refractivity contribution in [2.24, 2.45) is 5.73 Å². The van der Waals surface area contributed by atoms with E-state index in [1.165, 1.54) is 7.11 Å². The van der Waals surface area contributed by atoms with Crippen LogP contribution in [0.4, 0.5) is 0 Å². The van der Waals surface area contributed by atoms with Crippen molar-refractivity contribution in [1.29, 1.82) is 0 Å². The van der Waals surface area contributed by atoms with Gasteiger partial charge in [-0.15, -0.1) is 12.4 Å². The van der Waals surface area contributed by atoms with Gasteiger partial charge in [0, 0.05) is 4.47 Å². The summed E-state index contributed by atoms with van der Waals surface area (Å²) in [5.74, 6) is -0.473. The molecule has 0 bridgehead atoms. The molecule has 0 spiro atoms. The Morgan fingerprint density at radius 2 is 2.20 bits per heavy atom. The molecule has 1 atom stereocenters. The summed E-state index contributed by atoms with van der Waals surface area (Å²) in [5.41, 5.74) is 6.29. The smallest absolute Gasteiger partial charge is 0.327 e. The lowest BCUT2D eigenvalue weighted by atomic mass is 10.1. The maximum Gasteiger partial charge on any atom is 0.327 e. The summed E-state index contributed by atoms with van der Waals surface area (Å²) < 4.78 is 5.23. The van der Waals surface area contributed by atoms with Crippen molar-refractivity contribution in [1.82, 2.24) is 0 Å². The molecular weight excluding hydrogens is 305 g/mol. The molecule has 0 aromatic heterocycles. The predicted molar refractivity (Wildman–Crippen MR) is 65.3 cm³/mol. The molecule has 1 rings (SSSR count). The first kappa shape index (κ1) is 14.7. The molecule has 0 unspecified atom stereocenters. The summed E-state index contributed by atoms with van der Waals surface area (Å²) in [6.07, 6.45) is 0. The van der Waals surface area contributed by atoms with Gasteiger partial charge < -0.3 is 10.5 Å². The lowest BCUT2D eigenvalue weighted by molar-refractivity contribution is -0.142. The SMILES string of the molecule is COC(=O)[C@@H](N)c1ccc(Cl)c(Br)c1.Cl. The fourth-order valence-corrected chi connectivity index (χ4v) is 1.48. The second kappa shape index (κ2) is 6.33. The summed E-state index contributed by atoms with van der Waals surface area (Å²) in [7, 11) is 1.30. The van der Waals surface area contributed by atoms with Gasteiger partial charge in [0.05, 0.1) is 12.1 Å². The van der Waals surface area contributed by atoms with E-state index >= 15 is 0 Å². The number of nitrogens with two attached hydrogens (primary N) is 1. The van der Waals surface area contributed by atoms with Crippen LogP contribution < -0.4 is 5.73 Å². The zero-order chi connectivity index (χ0) is 10.7. The normalized spacial score (nSPS) is 11.5. The van der Waals surface area contributed by atoms with Gasteiger partial charge >= 0.3 is 5.97 Å². The third-order valence-electron chi connectivity index (χ3n) is 1.76. The molecule has 0 saturated heterocycles. The molecule has 84 valence electrons. The van der Waals surface area contributed by atoms with Gasteiger partial charge in [-0.1, -0.05) is 17.7 Å². The molecule has 0 heterocycles. The van der Waals surface area contributed by atoms with Crippen molar-refractivity contribution in [2.75, 3.05) is 7.11 Å². The maximum atomic E-state index is 11.1. The van der Waals surface area contributed by atoms with E-state index in [2.05, 4.69) is 20.7 Å². The first-order valence-corrected chi connectivity index (χ1v) is 5.01. The highest BCUT2D eigenvalue weighted by Gasteiger charge is 2.16. The highest BCUT2D eigenvalue weighted by molar-refractivity contribution is 9.10. The molecule has 3 nitrogen and oxygen atoms in total. The summed E-state index contributed by atoms with van der Waals surface area (Å²) in [4.78, 5) is 11.1. The topological polar surface area (TPSA) is 52.3 Å². The standard InChI is InChI=1S/C9H9BrClNO2.ClH/c1-14-9(13)8(12)5-2-3-7(11)6(10)4-5;/h2-4,8H,12H2,1H3;1H/t8-;/m0./s1. The van der Waals surface area contributed by atoms with E-state index in [9.17, 15) is 4.79 Å². The number of ether oxygens (including phenoxy) is 1. The fourth-order valence-electron chi connectivity index (χ4n) is 0.969. The molecule has 15 heavy (non-hydrogen) atoms. The maximum absolute atomic E-state index is 11.1. The monoisotopic (exact) mass is 313 g/mol. The number of esters is 1. The zero-order valence-electron chi connectivity index (χ0n) is 7.87. The molecule has 0 fully saturated rings. The molecule has 0 aliphatic carbocycles. The van der Waals surface area contributed by atoms with Gasteiger partial charge in [0.15, 0.2) is 0 Å². The van der Waals surface area contributed by atoms with E-state index in [1.807, 2.05) is 0 Å². The second-order valence-corrected chi connectivity index (χ2v) is 3.94. The molecule has 6 heteroatoms. The zero-order valence-corrected chi connectivity index (χ0v) is 11.0. The van der Waals surface area contributed by atoms with Crippen LogP contribution in [0.15, 0.2) is 22.7 Å².